The lowest BCUT2D eigenvalue weighted by molar-refractivity contribution is 0.476. The number of anilines is 1. The molecule has 3 aromatic carbocycles. The third kappa shape index (κ3) is 2.91. The van der Waals surface area contributed by atoms with Crippen molar-refractivity contribution in [2.24, 2.45) is 0 Å². The van der Waals surface area contributed by atoms with Crippen molar-refractivity contribution < 1.29 is 5.11 Å². The highest BCUT2D eigenvalue weighted by atomic mass is 16.3. The molecule has 0 fully saturated rings. The van der Waals surface area contributed by atoms with Gasteiger partial charge in [-0.1, -0.05) is 42.5 Å². The van der Waals surface area contributed by atoms with E-state index in [0.29, 0.717) is 5.75 Å². The molecule has 0 aliphatic rings. The number of aromatic hydroxyl groups is 1. The number of phenolic OH excluding ortho intramolecular Hbond substituents is 1. The number of fused-ring (bicyclic) bond motifs is 1. The molecule has 20 heavy (non-hydrogen) atoms. The number of benzene rings is 3. The highest BCUT2D eigenvalue weighted by Crippen LogP contribution is 2.23. The summed E-state index contributed by atoms with van der Waals surface area (Å²) in [6.07, 6.45) is 0.999. The maximum atomic E-state index is 9.53. The van der Waals surface area contributed by atoms with Gasteiger partial charge in [0.25, 0.3) is 0 Å². The first-order valence-electron chi connectivity index (χ1n) is 6.82. The summed E-state index contributed by atoms with van der Waals surface area (Å²) in [5.41, 5.74) is 2.41. The molecule has 0 atom stereocenters. The predicted octanol–water partition coefficient (Wildman–Crippen LogP) is 4.20. The molecule has 0 saturated heterocycles. The van der Waals surface area contributed by atoms with E-state index in [-0.39, 0.29) is 0 Å². The Kier molecular flexibility index (Phi) is 3.55. The molecule has 0 amide bonds. The molecule has 0 bridgehead atoms. The number of rotatable bonds is 4. The van der Waals surface area contributed by atoms with E-state index in [0.717, 1.165) is 29.4 Å². The van der Waals surface area contributed by atoms with Crippen LogP contribution in [0.15, 0.2) is 66.7 Å². The third-order valence-corrected chi connectivity index (χ3v) is 3.41. The van der Waals surface area contributed by atoms with Gasteiger partial charge in [0, 0.05) is 12.2 Å². The normalized spacial score (nSPS) is 10.6. The zero-order valence-corrected chi connectivity index (χ0v) is 11.2. The van der Waals surface area contributed by atoms with Gasteiger partial charge in [0.2, 0.25) is 0 Å². The molecule has 2 N–H and O–H groups in total. The molecule has 0 aliphatic heterocycles. The maximum Gasteiger partial charge on any atom is 0.116 e. The molecule has 0 radical (unpaired) electrons. The zero-order valence-electron chi connectivity index (χ0n) is 11.2. The third-order valence-electron chi connectivity index (χ3n) is 3.41. The lowest BCUT2D eigenvalue weighted by Crippen LogP contribution is -2.04. The summed E-state index contributed by atoms with van der Waals surface area (Å²) in [5.74, 6) is 0.305. The zero-order chi connectivity index (χ0) is 13.8. The lowest BCUT2D eigenvalue weighted by atomic mass is 10.1. The molecule has 0 unspecified atom stereocenters. The highest BCUT2D eigenvalue weighted by Gasteiger charge is 1.98. The Labute approximate surface area is 118 Å². The van der Waals surface area contributed by atoms with Crippen LogP contribution in [0.2, 0.25) is 0 Å². The summed E-state index contributed by atoms with van der Waals surface area (Å²) in [4.78, 5) is 0. The van der Waals surface area contributed by atoms with Crippen LogP contribution in [0.5, 0.6) is 5.75 Å². The molecule has 0 heterocycles. The van der Waals surface area contributed by atoms with E-state index in [1.54, 1.807) is 12.1 Å². The molecule has 0 saturated carbocycles. The average Bonchev–Trinajstić information content (AvgIpc) is 2.48. The lowest BCUT2D eigenvalue weighted by Gasteiger charge is -2.08. The van der Waals surface area contributed by atoms with Crippen LogP contribution in [-0.2, 0) is 6.42 Å². The largest absolute Gasteiger partial charge is 0.508 e. The highest BCUT2D eigenvalue weighted by molar-refractivity contribution is 5.86. The summed E-state index contributed by atoms with van der Waals surface area (Å²) < 4.78 is 0. The van der Waals surface area contributed by atoms with Crippen LogP contribution >= 0.6 is 0 Å². The first kappa shape index (κ1) is 12.5. The Morgan fingerprint density at radius 1 is 0.800 bits per heavy atom. The Bertz CT molecular complexity index is 707. The molecule has 0 aliphatic carbocycles. The van der Waals surface area contributed by atoms with Crippen molar-refractivity contribution in [3.63, 3.8) is 0 Å². The summed E-state index contributed by atoms with van der Waals surface area (Å²) in [6, 6.07) is 22.1. The van der Waals surface area contributed by atoms with Gasteiger partial charge in [-0.3, -0.25) is 0 Å². The number of hydrogen-bond acceptors (Lipinski definition) is 2. The molecule has 3 rings (SSSR count). The smallest absolute Gasteiger partial charge is 0.116 e. The number of hydrogen-bond donors (Lipinski definition) is 2. The van der Waals surface area contributed by atoms with E-state index in [2.05, 4.69) is 47.8 Å². The first-order valence-corrected chi connectivity index (χ1v) is 6.82. The Morgan fingerprint density at radius 3 is 2.45 bits per heavy atom. The first-order chi connectivity index (χ1) is 9.81. The number of phenols is 1. The molecule has 100 valence electrons. The standard InChI is InChI=1S/C18H17NO/c20-18-9-7-15-6-8-17(12-16(15)13-18)19-11-10-14-4-2-1-3-5-14/h1-9,12-13,19-20H,10-11H2. The van der Waals surface area contributed by atoms with E-state index in [9.17, 15) is 5.11 Å². The quantitative estimate of drug-likeness (QED) is 0.739. The molecular formula is C18H17NO. The molecule has 2 nitrogen and oxygen atoms in total. The fraction of sp³-hybridized carbons (Fsp3) is 0.111. The second-order valence-corrected chi connectivity index (χ2v) is 4.91. The summed E-state index contributed by atoms with van der Waals surface area (Å²) >= 11 is 0. The van der Waals surface area contributed by atoms with Crippen LogP contribution in [0.3, 0.4) is 0 Å². The fourth-order valence-corrected chi connectivity index (χ4v) is 2.34. The fourth-order valence-electron chi connectivity index (χ4n) is 2.34. The monoisotopic (exact) mass is 263 g/mol. The van der Waals surface area contributed by atoms with Gasteiger partial charge in [0.15, 0.2) is 0 Å². The van der Waals surface area contributed by atoms with Crippen LogP contribution in [0.1, 0.15) is 5.56 Å². The summed E-state index contributed by atoms with van der Waals surface area (Å²) in [6.45, 7) is 0.897. The van der Waals surface area contributed by atoms with Crippen molar-refractivity contribution >= 4 is 16.5 Å². The second kappa shape index (κ2) is 5.66. The van der Waals surface area contributed by atoms with Gasteiger partial charge in [-0.05, 0) is 47.0 Å². The summed E-state index contributed by atoms with van der Waals surface area (Å²) in [7, 11) is 0. The number of nitrogens with one attached hydrogen (secondary N) is 1. The molecule has 3 aromatic rings. The van der Waals surface area contributed by atoms with Crippen molar-refractivity contribution in [3.8, 4) is 5.75 Å². The van der Waals surface area contributed by atoms with Gasteiger partial charge in [-0.25, -0.2) is 0 Å². The van der Waals surface area contributed by atoms with Crippen LogP contribution in [0.4, 0.5) is 5.69 Å². The van der Waals surface area contributed by atoms with E-state index in [1.807, 2.05) is 12.1 Å². The molecular weight excluding hydrogens is 246 g/mol. The van der Waals surface area contributed by atoms with Crippen molar-refractivity contribution in [1.82, 2.24) is 0 Å². The average molecular weight is 263 g/mol. The minimum atomic E-state index is 0.305. The van der Waals surface area contributed by atoms with Crippen LogP contribution < -0.4 is 5.32 Å². The van der Waals surface area contributed by atoms with Gasteiger partial charge in [0.1, 0.15) is 5.75 Å². The Balaban J connectivity index is 1.68. The minimum Gasteiger partial charge on any atom is -0.508 e. The molecule has 0 spiro atoms. The Hall–Kier alpha value is -2.48. The minimum absolute atomic E-state index is 0.305. The Morgan fingerprint density at radius 2 is 1.60 bits per heavy atom. The molecule has 2 heteroatoms. The topological polar surface area (TPSA) is 32.3 Å². The van der Waals surface area contributed by atoms with Crippen molar-refractivity contribution in [3.05, 3.63) is 72.3 Å². The maximum absolute atomic E-state index is 9.53. The van der Waals surface area contributed by atoms with Gasteiger partial charge in [-0.15, -0.1) is 0 Å². The van der Waals surface area contributed by atoms with Crippen LogP contribution in [0, 0.1) is 0 Å². The van der Waals surface area contributed by atoms with E-state index >= 15 is 0 Å². The van der Waals surface area contributed by atoms with Crippen molar-refractivity contribution in [1.29, 1.82) is 0 Å². The van der Waals surface area contributed by atoms with Gasteiger partial charge >= 0.3 is 0 Å². The van der Waals surface area contributed by atoms with E-state index < -0.39 is 0 Å². The van der Waals surface area contributed by atoms with Gasteiger partial charge in [-0.2, -0.15) is 0 Å². The van der Waals surface area contributed by atoms with Gasteiger partial charge in [0.05, 0.1) is 0 Å². The SMILES string of the molecule is Oc1ccc2ccc(NCCc3ccccc3)cc2c1. The predicted molar refractivity (Wildman–Crippen MR) is 84.2 cm³/mol. The molecule has 0 aromatic heterocycles. The van der Waals surface area contributed by atoms with E-state index in [4.69, 9.17) is 0 Å². The van der Waals surface area contributed by atoms with E-state index in [1.165, 1.54) is 5.56 Å². The van der Waals surface area contributed by atoms with Crippen LogP contribution in [-0.4, -0.2) is 11.7 Å². The van der Waals surface area contributed by atoms with Crippen LogP contribution in [0.25, 0.3) is 10.8 Å². The summed E-state index contributed by atoms with van der Waals surface area (Å²) in [5, 5.41) is 15.1. The van der Waals surface area contributed by atoms with Crippen molar-refractivity contribution in [2.45, 2.75) is 6.42 Å². The van der Waals surface area contributed by atoms with Gasteiger partial charge < -0.3 is 10.4 Å². The van der Waals surface area contributed by atoms with Crippen molar-refractivity contribution in [2.75, 3.05) is 11.9 Å². The second-order valence-electron chi connectivity index (χ2n) is 4.91.